The van der Waals surface area contributed by atoms with E-state index in [1.54, 1.807) is 39.3 Å². The number of nitrogens with zero attached hydrogens (tertiary/aromatic N) is 1. The van der Waals surface area contributed by atoms with Crippen LogP contribution in [-0.4, -0.2) is 45.2 Å². The van der Waals surface area contributed by atoms with Crippen LogP contribution in [0.15, 0.2) is 12.1 Å². The zero-order chi connectivity index (χ0) is 15.6. The van der Waals surface area contributed by atoms with Gasteiger partial charge >= 0.3 is 0 Å². The summed E-state index contributed by atoms with van der Waals surface area (Å²) in [6.45, 7) is 0. The monoisotopic (exact) mass is 294 g/mol. The van der Waals surface area contributed by atoms with E-state index in [1.165, 1.54) is 0 Å². The lowest BCUT2D eigenvalue weighted by Gasteiger charge is -2.38. The molecule has 1 fully saturated rings. The van der Waals surface area contributed by atoms with E-state index in [4.69, 9.17) is 19.9 Å². The fourth-order valence-corrected chi connectivity index (χ4v) is 2.86. The van der Waals surface area contributed by atoms with Gasteiger partial charge in [0.2, 0.25) is 11.7 Å². The SMILES string of the molecule is COc1ccc(C2C(N)CCC(=O)N2C)c(OC)c1OC. The summed E-state index contributed by atoms with van der Waals surface area (Å²) in [5, 5.41) is 0. The fourth-order valence-electron chi connectivity index (χ4n) is 2.86. The van der Waals surface area contributed by atoms with E-state index in [9.17, 15) is 4.79 Å². The molecule has 0 aliphatic carbocycles. The lowest BCUT2D eigenvalue weighted by Crippen LogP contribution is -2.46. The minimum atomic E-state index is -0.235. The number of methoxy groups -OCH3 is 3. The zero-order valence-electron chi connectivity index (χ0n) is 12.9. The maximum absolute atomic E-state index is 12.0. The molecule has 1 saturated heterocycles. The van der Waals surface area contributed by atoms with E-state index in [0.717, 1.165) is 5.56 Å². The van der Waals surface area contributed by atoms with Crippen LogP contribution in [0.4, 0.5) is 0 Å². The number of likely N-dealkylation sites (N-methyl/N-ethyl adjacent to an activating group) is 1. The van der Waals surface area contributed by atoms with Gasteiger partial charge in [0, 0.05) is 25.1 Å². The van der Waals surface area contributed by atoms with Gasteiger partial charge in [0.1, 0.15) is 0 Å². The van der Waals surface area contributed by atoms with Crippen LogP contribution in [0.2, 0.25) is 0 Å². The number of nitrogens with two attached hydrogens (primary N) is 1. The molecule has 1 heterocycles. The third-order valence-corrected chi connectivity index (χ3v) is 3.96. The highest BCUT2D eigenvalue weighted by molar-refractivity contribution is 5.78. The molecule has 1 aromatic carbocycles. The molecule has 6 heteroatoms. The molecule has 2 atom stereocenters. The Morgan fingerprint density at radius 3 is 2.38 bits per heavy atom. The number of hydrogen-bond donors (Lipinski definition) is 1. The second-order valence-electron chi connectivity index (χ2n) is 5.08. The molecule has 0 saturated carbocycles. The van der Waals surface area contributed by atoms with Gasteiger partial charge in [0.05, 0.1) is 27.4 Å². The summed E-state index contributed by atoms with van der Waals surface area (Å²) in [4.78, 5) is 13.7. The van der Waals surface area contributed by atoms with Crippen molar-refractivity contribution in [2.75, 3.05) is 28.4 Å². The highest BCUT2D eigenvalue weighted by Crippen LogP contribution is 2.45. The molecular weight excluding hydrogens is 272 g/mol. The topological polar surface area (TPSA) is 74.0 Å². The molecule has 0 spiro atoms. The molecule has 6 nitrogen and oxygen atoms in total. The Hall–Kier alpha value is -1.95. The average molecular weight is 294 g/mol. The van der Waals surface area contributed by atoms with Crippen LogP contribution in [-0.2, 0) is 4.79 Å². The summed E-state index contributed by atoms with van der Waals surface area (Å²) < 4.78 is 16.2. The minimum Gasteiger partial charge on any atom is -0.493 e. The van der Waals surface area contributed by atoms with E-state index < -0.39 is 0 Å². The highest BCUT2D eigenvalue weighted by Gasteiger charge is 2.35. The van der Waals surface area contributed by atoms with Crippen molar-refractivity contribution in [2.24, 2.45) is 5.73 Å². The number of carbonyl (C=O) groups is 1. The Bertz CT molecular complexity index is 533. The number of ether oxygens (including phenoxy) is 3. The summed E-state index contributed by atoms with van der Waals surface area (Å²) in [6, 6.07) is 3.30. The Morgan fingerprint density at radius 2 is 1.81 bits per heavy atom. The molecular formula is C15H22N2O4. The van der Waals surface area contributed by atoms with Gasteiger partial charge in [-0.2, -0.15) is 0 Å². The van der Waals surface area contributed by atoms with Crippen LogP contribution in [0, 0.1) is 0 Å². The molecule has 2 rings (SSSR count). The fraction of sp³-hybridized carbons (Fsp3) is 0.533. The second kappa shape index (κ2) is 6.22. The van der Waals surface area contributed by atoms with Crippen molar-refractivity contribution in [3.05, 3.63) is 17.7 Å². The number of hydrogen-bond acceptors (Lipinski definition) is 5. The van der Waals surface area contributed by atoms with Crippen LogP contribution >= 0.6 is 0 Å². The molecule has 0 aromatic heterocycles. The van der Waals surface area contributed by atoms with E-state index in [0.29, 0.717) is 30.1 Å². The lowest BCUT2D eigenvalue weighted by molar-refractivity contribution is -0.135. The number of likely N-dealkylation sites (tertiary alicyclic amines) is 1. The van der Waals surface area contributed by atoms with E-state index in [2.05, 4.69) is 0 Å². The van der Waals surface area contributed by atoms with Crippen molar-refractivity contribution in [3.63, 3.8) is 0 Å². The Balaban J connectivity index is 2.54. The first-order chi connectivity index (χ1) is 10.0. The molecule has 1 amide bonds. The van der Waals surface area contributed by atoms with Gasteiger partial charge < -0.3 is 24.8 Å². The summed E-state index contributed by atoms with van der Waals surface area (Å²) >= 11 is 0. The summed E-state index contributed by atoms with van der Waals surface area (Å²) in [5.74, 6) is 1.73. The van der Waals surface area contributed by atoms with Gasteiger partial charge in [-0.3, -0.25) is 4.79 Å². The number of rotatable bonds is 4. The Morgan fingerprint density at radius 1 is 1.14 bits per heavy atom. The molecule has 1 aliphatic heterocycles. The normalized spacial score (nSPS) is 22.1. The first-order valence-corrected chi connectivity index (χ1v) is 6.85. The third-order valence-electron chi connectivity index (χ3n) is 3.96. The Kier molecular flexibility index (Phi) is 4.57. The van der Waals surface area contributed by atoms with Gasteiger partial charge in [-0.15, -0.1) is 0 Å². The number of amides is 1. The second-order valence-corrected chi connectivity index (χ2v) is 5.08. The van der Waals surface area contributed by atoms with Crippen molar-refractivity contribution in [3.8, 4) is 17.2 Å². The van der Waals surface area contributed by atoms with Crippen LogP contribution in [0.1, 0.15) is 24.4 Å². The van der Waals surface area contributed by atoms with Crippen molar-refractivity contribution in [1.29, 1.82) is 0 Å². The quantitative estimate of drug-likeness (QED) is 0.907. The van der Waals surface area contributed by atoms with Crippen LogP contribution < -0.4 is 19.9 Å². The molecule has 0 radical (unpaired) electrons. The lowest BCUT2D eigenvalue weighted by atomic mass is 9.90. The van der Waals surface area contributed by atoms with E-state index in [-0.39, 0.29) is 18.0 Å². The first kappa shape index (κ1) is 15.4. The largest absolute Gasteiger partial charge is 0.493 e. The molecule has 21 heavy (non-hydrogen) atoms. The van der Waals surface area contributed by atoms with Crippen molar-refractivity contribution in [1.82, 2.24) is 4.90 Å². The smallest absolute Gasteiger partial charge is 0.222 e. The van der Waals surface area contributed by atoms with Gasteiger partial charge in [-0.1, -0.05) is 0 Å². The zero-order valence-corrected chi connectivity index (χ0v) is 12.9. The van der Waals surface area contributed by atoms with Crippen LogP contribution in [0.3, 0.4) is 0 Å². The third kappa shape index (κ3) is 2.63. The number of benzene rings is 1. The predicted molar refractivity (Wildman–Crippen MR) is 78.8 cm³/mol. The van der Waals surface area contributed by atoms with Crippen molar-refractivity contribution in [2.45, 2.75) is 24.9 Å². The van der Waals surface area contributed by atoms with Gasteiger partial charge in [-0.25, -0.2) is 0 Å². The standard InChI is InChI=1S/C15H22N2O4/c1-17-12(18)8-6-10(16)13(17)9-5-7-11(19-2)15(21-4)14(9)20-3/h5,7,10,13H,6,8,16H2,1-4H3. The maximum Gasteiger partial charge on any atom is 0.222 e. The van der Waals surface area contributed by atoms with Crippen molar-refractivity contribution >= 4 is 5.91 Å². The van der Waals surface area contributed by atoms with Gasteiger partial charge in [0.15, 0.2) is 11.5 Å². The van der Waals surface area contributed by atoms with Gasteiger partial charge in [-0.05, 0) is 18.6 Å². The van der Waals surface area contributed by atoms with E-state index in [1.807, 2.05) is 6.07 Å². The summed E-state index contributed by atoms with van der Waals surface area (Å²) in [5.41, 5.74) is 7.06. The summed E-state index contributed by atoms with van der Waals surface area (Å²) in [7, 11) is 6.46. The molecule has 0 bridgehead atoms. The molecule has 1 aliphatic rings. The maximum atomic E-state index is 12.0. The molecule has 2 N–H and O–H groups in total. The summed E-state index contributed by atoms with van der Waals surface area (Å²) in [6.07, 6.45) is 1.13. The number of piperidine rings is 1. The Labute approximate surface area is 124 Å². The minimum absolute atomic E-state index is 0.0820. The first-order valence-electron chi connectivity index (χ1n) is 6.85. The molecule has 2 unspecified atom stereocenters. The van der Waals surface area contributed by atoms with Crippen LogP contribution in [0.5, 0.6) is 17.2 Å². The van der Waals surface area contributed by atoms with Crippen LogP contribution in [0.25, 0.3) is 0 Å². The van der Waals surface area contributed by atoms with Crippen molar-refractivity contribution < 1.29 is 19.0 Å². The molecule has 116 valence electrons. The van der Waals surface area contributed by atoms with E-state index >= 15 is 0 Å². The number of carbonyl (C=O) groups excluding carboxylic acids is 1. The average Bonchev–Trinajstić information content (AvgIpc) is 2.50. The predicted octanol–water partition coefficient (Wildman–Crippen LogP) is 1.33. The highest BCUT2D eigenvalue weighted by atomic mass is 16.5. The molecule has 1 aromatic rings. The van der Waals surface area contributed by atoms with Gasteiger partial charge in [0.25, 0.3) is 0 Å².